The van der Waals surface area contributed by atoms with E-state index in [9.17, 15) is 0 Å². The lowest BCUT2D eigenvalue weighted by Crippen LogP contribution is -2.31. The van der Waals surface area contributed by atoms with Crippen molar-refractivity contribution in [3.63, 3.8) is 0 Å². The van der Waals surface area contributed by atoms with Crippen LogP contribution < -0.4 is 10.1 Å². The van der Waals surface area contributed by atoms with Crippen LogP contribution in [-0.2, 0) is 6.54 Å². The van der Waals surface area contributed by atoms with Gasteiger partial charge in [-0.1, -0.05) is 30.3 Å². The summed E-state index contributed by atoms with van der Waals surface area (Å²) in [6, 6.07) is 18.6. The molecule has 6 heteroatoms. The Morgan fingerprint density at radius 3 is 2.43 bits per heavy atom. The number of hydrogen-bond acceptors (Lipinski definition) is 3. The predicted octanol–water partition coefficient (Wildman–Crippen LogP) is 6.05. The molecule has 0 saturated heterocycles. The van der Waals surface area contributed by atoms with Crippen molar-refractivity contribution in [3.05, 3.63) is 60.2 Å². The maximum atomic E-state index is 6.46. The van der Waals surface area contributed by atoms with E-state index in [0.29, 0.717) is 12.5 Å². The van der Waals surface area contributed by atoms with Gasteiger partial charge >= 0.3 is 0 Å². The summed E-state index contributed by atoms with van der Waals surface area (Å²) in [6.45, 7) is 6.32. The van der Waals surface area contributed by atoms with E-state index in [2.05, 4.69) is 34.5 Å². The molecule has 0 spiro atoms. The van der Waals surface area contributed by atoms with E-state index in [1.807, 2.05) is 37.3 Å². The van der Waals surface area contributed by atoms with Gasteiger partial charge in [0.1, 0.15) is 5.75 Å². The van der Waals surface area contributed by atoms with Gasteiger partial charge in [-0.15, -0.1) is 35.6 Å². The summed E-state index contributed by atoms with van der Waals surface area (Å²) >= 11 is 12.3. The Morgan fingerprint density at radius 2 is 1.79 bits per heavy atom. The molecule has 2 rings (SSSR count). The van der Waals surface area contributed by atoms with Gasteiger partial charge in [0.25, 0.3) is 0 Å². The summed E-state index contributed by atoms with van der Waals surface area (Å²) in [5.41, 5.74) is 2.43. The maximum Gasteiger partial charge on any atom is 0.119 e. The van der Waals surface area contributed by atoms with E-state index in [4.69, 9.17) is 27.9 Å². The quantitative estimate of drug-likeness (QED) is 0.300. The van der Waals surface area contributed by atoms with Crippen molar-refractivity contribution in [2.45, 2.75) is 31.7 Å². The molecule has 2 aromatic carbocycles. The molecular formula is C22H31Cl3N2O. The number of nitrogens with zero attached hydrogens (tertiary/aromatic N) is 1. The first kappa shape index (κ1) is 24.9. The molecule has 0 bridgehead atoms. The van der Waals surface area contributed by atoms with Gasteiger partial charge in [0.05, 0.1) is 6.61 Å². The zero-order valence-corrected chi connectivity index (χ0v) is 18.8. The molecule has 0 aliphatic carbocycles. The minimum Gasteiger partial charge on any atom is -0.494 e. The van der Waals surface area contributed by atoms with Crippen LogP contribution in [0.5, 0.6) is 5.75 Å². The Morgan fingerprint density at radius 1 is 1.07 bits per heavy atom. The van der Waals surface area contributed by atoms with Crippen molar-refractivity contribution in [2.24, 2.45) is 0 Å². The Bertz CT molecular complexity index is 625. The van der Waals surface area contributed by atoms with Crippen LogP contribution in [0.4, 0.5) is 5.69 Å². The van der Waals surface area contributed by atoms with E-state index in [0.717, 1.165) is 50.5 Å². The standard InChI is InChI=1S/C22H30Cl2N2O.ClH/c1-2-27-22-11-9-19(10-12-22)17-26(18-20(24)13-14-23)16-6-15-25-21-7-4-3-5-8-21;/h3-5,7-12,20,25H,2,6,13-18H2,1H3;1H. The fraction of sp³-hybridized carbons (Fsp3) is 0.455. The summed E-state index contributed by atoms with van der Waals surface area (Å²) in [4.78, 5) is 2.41. The highest BCUT2D eigenvalue weighted by Gasteiger charge is 2.12. The Balaban J connectivity index is 0.00000392. The number of halogens is 3. The van der Waals surface area contributed by atoms with Crippen LogP contribution >= 0.6 is 35.6 Å². The summed E-state index contributed by atoms with van der Waals surface area (Å²) in [5, 5.41) is 3.54. The maximum absolute atomic E-state index is 6.46. The molecule has 156 valence electrons. The number of benzene rings is 2. The molecule has 1 unspecified atom stereocenters. The third kappa shape index (κ3) is 9.88. The molecule has 28 heavy (non-hydrogen) atoms. The largest absolute Gasteiger partial charge is 0.494 e. The highest BCUT2D eigenvalue weighted by molar-refractivity contribution is 6.22. The Hall–Kier alpha value is -1.13. The van der Waals surface area contributed by atoms with Crippen LogP contribution in [0.15, 0.2) is 54.6 Å². The molecule has 0 aromatic heterocycles. The third-order valence-corrected chi connectivity index (χ3v) is 4.85. The number of para-hydroxylation sites is 1. The molecule has 0 fully saturated rings. The van der Waals surface area contributed by atoms with Crippen molar-refractivity contribution < 1.29 is 4.74 Å². The van der Waals surface area contributed by atoms with Crippen LogP contribution in [0.3, 0.4) is 0 Å². The van der Waals surface area contributed by atoms with E-state index in [1.165, 1.54) is 5.56 Å². The molecule has 0 aliphatic heterocycles. The van der Waals surface area contributed by atoms with Gasteiger partial charge in [0.2, 0.25) is 0 Å². The van der Waals surface area contributed by atoms with Crippen LogP contribution in [0, 0.1) is 0 Å². The SMILES string of the molecule is CCOc1ccc(CN(CCCNc2ccccc2)CC(Cl)CCCl)cc1.Cl. The number of hydrogen-bond donors (Lipinski definition) is 1. The van der Waals surface area contributed by atoms with Crippen molar-refractivity contribution in [1.82, 2.24) is 4.90 Å². The van der Waals surface area contributed by atoms with Gasteiger partial charge in [0.15, 0.2) is 0 Å². The van der Waals surface area contributed by atoms with Gasteiger partial charge in [-0.25, -0.2) is 0 Å². The fourth-order valence-corrected chi connectivity index (χ4v) is 3.61. The highest BCUT2D eigenvalue weighted by atomic mass is 35.5. The molecule has 0 aliphatic rings. The normalized spacial score (nSPS) is 11.7. The Kier molecular flexibility index (Phi) is 13.2. The molecule has 3 nitrogen and oxygen atoms in total. The molecule has 1 atom stereocenters. The lowest BCUT2D eigenvalue weighted by Gasteiger charge is -2.25. The summed E-state index contributed by atoms with van der Waals surface area (Å²) in [7, 11) is 0. The lowest BCUT2D eigenvalue weighted by molar-refractivity contribution is 0.262. The van der Waals surface area contributed by atoms with Crippen LogP contribution in [0.2, 0.25) is 0 Å². The average molecular weight is 446 g/mol. The van der Waals surface area contributed by atoms with E-state index in [1.54, 1.807) is 0 Å². The van der Waals surface area contributed by atoms with Gasteiger partial charge < -0.3 is 10.1 Å². The topological polar surface area (TPSA) is 24.5 Å². The van der Waals surface area contributed by atoms with Crippen molar-refractivity contribution in [1.29, 1.82) is 0 Å². The highest BCUT2D eigenvalue weighted by Crippen LogP contribution is 2.16. The van der Waals surface area contributed by atoms with Crippen LogP contribution in [-0.4, -0.2) is 42.4 Å². The second-order valence-electron chi connectivity index (χ2n) is 6.53. The smallest absolute Gasteiger partial charge is 0.119 e. The summed E-state index contributed by atoms with van der Waals surface area (Å²) < 4.78 is 5.53. The Labute approximate surface area is 185 Å². The van der Waals surface area contributed by atoms with Crippen molar-refractivity contribution in [3.8, 4) is 5.75 Å². The zero-order valence-electron chi connectivity index (χ0n) is 16.4. The number of rotatable bonds is 13. The molecular weight excluding hydrogens is 415 g/mol. The zero-order chi connectivity index (χ0) is 19.3. The number of anilines is 1. The fourth-order valence-electron chi connectivity index (χ4n) is 2.93. The van der Waals surface area contributed by atoms with Crippen molar-refractivity contribution in [2.75, 3.05) is 37.4 Å². The molecule has 2 aromatic rings. The minimum atomic E-state index is 0. The van der Waals surface area contributed by atoms with E-state index in [-0.39, 0.29) is 17.8 Å². The first-order valence-corrected chi connectivity index (χ1v) is 10.6. The third-order valence-electron chi connectivity index (χ3n) is 4.27. The molecule has 0 radical (unpaired) electrons. The lowest BCUT2D eigenvalue weighted by atomic mass is 10.2. The second-order valence-corrected chi connectivity index (χ2v) is 7.53. The first-order valence-electron chi connectivity index (χ1n) is 9.64. The summed E-state index contributed by atoms with van der Waals surface area (Å²) in [6.07, 6.45) is 1.88. The molecule has 1 N–H and O–H groups in total. The van der Waals surface area contributed by atoms with Gasteiger partial charge in [-0.3, -0.25) is 4.90 Å². The second kappa shape index (κ2) is 14.8. The van der Waals surface area contributed by atoms with E-state index >= 15 is 0 Å². The van der Waals surface area contributed by atoms with Gasteiger partial charge in [-0.05, 0) is 49.6 Å². The number of nitrogens with one attached hydrogen (secondary N) is 1. The average Bonchev–Trinajstić information content (AvgIpc) is 2.68. The molecule has 0 amide bonds. The number of alkyl halides is 2. The van der Waals surface area contributed by atoms with Crippen LogP contribution in [0.25, 0.3) is 0 Å². The van der Waals surface area contributed by atoms with Gasteiger partial charge in [0, 0.05) is 43.1 Å². The first-order chi connectivity index (χ1) is 13.2. The predicted molar refractivity (Wildman–Crippen MR) is 125 cm³/mol. The van der Waals surface area contributed by atoms with E-state index < -0.39 is 0 Å². The van der Waals surface area contributed by atoms with Gasteiger partial charge in [-0.2, -0.15) is 0 Å². The molecule has 0 saturated carbocycles. The monoisotopic (exact) mass is 444 g/mol. The molecule has 0 heterocycles. The van der Waals surface area contributed by atoms with Crippen LogP contribution in [0.1, 0.15) is 25.3 Å². The number of ether oxygens (including phenoxy) is 1. The van der Waals surface area contributed by atoms with Crippen molar-refractivity contribution >= 4 is 41.3 Å². The minimum absolute atomic E-state index is 0. The summed E-state index contributed by atoms with van der Waals surface area (Å²) in [5.74, 6) is 1.51.